The van der Waals surface area contributed by atoms with Crippen molar-refractivity contribution in [1.29, 1.82) is 0 Å². The summed E-state index contributed by atoms with van der Waals surface area (Å²) in [5.41, 5.74) is 0. The maximum absolute atomic E-state index is 11.3. The van der Waals surface area contributed by atoms with Crippen molar-refractivity contribution in [2.75, 3.05) is 13.2 Å². The fraction of sp³-hybridized carbons (Fsp3) is 0.929. The number of rotatable bonds is 4. The van der Waals surface area contributed by atoms with E-state index in [2.05, 4.69) is 5.32 Å². The standard InChI is InChI=1S/C14H25NO6/c1-8(17)15-9(6-16)11-12(21-14(4,5)20-11)10-7-18-13(2,3)19-10/h9-12,16H,6-7H2,1-5H3,(H,15,17). The molecule has 4 atom stereocenters. The molecule has 7 heteroatoms. The number of carbonyl (C=O) groups excluding carboxylic acids is 1. The zero-order valence-electron chi connectivity index (χ0n) is 13.2. The number of aliphatic hydroxyl groups is 1. The van der Waals surface area contributed by atoms with Gasteiger partial charge in [0.1, 0.15) is 18.3 Å². The van der Waals surface area contributed by atoms with Crippen molar-refractivity contribution >= 4 is 5.91 Å². The van der Waals surface area contributed by atoms with Crippen LogP contribution in [-0.2, 0) is 23.7 Å². The Bertz CT molecular complexity index is 397. The van der Waals surface area contributed by atoms with Gasteiger partial charge in [-0.05, 0) is 27.7 Å². The maximum Gasteiger partial charge on any atom is 0.217 e. The van der Waals surface area contributed by atoms with Crippen LogP contribution in [0.25, 0.3) is 0 Å². The molecule has 122 valence electrons. The van der Waals surface area contributed by atoms with Gasteiger partial charge in [0, 0.05) is 6.92 Å². The lowest BCUT2D eigenvalue weighted by molar-refractivity contribution is -0.175. The molecule has 0 aromatic rings. The molecule has 2 fully saturated rings. The summed E-state index contributed by atoms with van der Waals surface area (Å²) in [5.74, 6) is -1.71. The molecule has 0 aromatic heterocycles. The third kappa shape index (κ3) is 3.92. The first-order chi connectivity index (χ1) is 9.63. The van der Waals surface area contributed by atoms with Crippen molar-refractivity contribution in [3.63, 3.8) is 0 Å². The predicted molar refractivity (Wildman–Crippen MR) is 73.4 cm³/mol. The Balaban J connectivity index is 2.15. The van der Waals surface area contributed by atoms with E-state index in [9.17, 15) is 9.90 Å². The summed E-state index contributed by atoms with van der Waals surface area (Å²) >= 11 is 0. The third-order valence-electron chi connectivity index (χ3n) is 3.54. The fourth-order valence-electron chi connectivity index (χ4n) is 2.79. The van der Waals surface area contributed by atoms with Gasteiger partial charge < -0.3 is 29.4 Å². The van der Waals surface area contributed by atoms with Crippen molar-refractivity contribution < 1.29 is 28.8 Å². The molecule has 4 unspecified atom stereocenters. The Morgan fingerprint density at radius 2 is 1.90 bits per heavy atom. The molecule has 7 nitrogen and oxygen atoms in total. The van der Waals surface area contributed by atoms with Gasteiger partial charge in [-0.15, -0.1) is 0 Å². The van der Waals surface area contributed by atoms with E-state index in [1.54, 1.807) is 13.8 Å². The number of nitrogens with one attached hydrogen (secondary N) is 1. The molecular weight excluding hydrogens is 278 g/mol. The molecule has 2 N–H and O–H groups in total. The lowest BCUT2D eigenvalue weighted by atomic mass is 10.0. The van der Waals surface area contributed by atoms with Crippen LogP contribution < -0.4 is 5.32 Å². The highest BCUT2D eigenvalue weighted by Gasteiger charge is 2.52. The van der Waals surface area contributed by atoms with Crippen molar-refractivity contribution in [3.8, 4) is 0 Å². The Morgan fingerprint density at radius 1 is 1.24 bits per heavy atom. The molecular formula is C14H25NO6. The summed E-state index contributed by atoms with van der Waals surface area (Å²) < 4.78 is 23.2. The second-order valence-electron chi connectivity index (χ2n) is 6.42. The lowest BCUT2D eigenvalue weighted by Gasteiger charge is -2.28. The van der Waals surface area contributed by atoms with Crippen LogP contribution in [0.1, 0.15) is 34.6 Å². The molecule has 0 bridgehead atoms. The molecule has 2 rings (SSSR count). The van der Waals surface area contributed by atoms with Gasteiger partial charge in [-0.1, -0.05) is 0 Å². The van der Waals surface area contributed by atoms with Crippen LogP contribution in [-0.4, -0.2) is 60.2 Å². The highest BCUT2D eigenvalue weighted by atomic mass is 16.8. The molecule has 0 aliphatic carbocycles. The van der Waals surface area contributed by atoms with E-state index in [4.69, 9.17) is 18.9 Å². The molecule has 2 saturated heterocycles. The van der Waals surface area contributed by atoms with E-state index >= 15 is 0 Å². The first kappa shape index (κ1) is 16.6. The molecule has 2 heterocycles. The monoisotopic (exact) mass is 303 g/mol. The van der Waals surface area contributed by atoms with E-state index in [0.29, 0.717) is 6.61 Å². The van der Waals surface area contributed by atoms with E-state index in [1.807, 2.05) is 13.8 Å². The van der Waals surface area contributed by atoms with Gasteiger partial charge in [-0.25, -0.2) is 0 Å². The van der Waals surface area contributed by atoms with Gasteiger partial charge in [0.2, 0.25) is 5.91 Å². The van der Waals surface area contributed by atoms with Gasteiger partial charge in [-0.3, -0.25) is 4.79 Å². The number of amides is 1. The molecule has 0 radical (unpaired) electrons. The Kier molecular flexibility index (Phi) is 4.60. The second kappa shape index (κ2) is 5.81. The normalized spacial score (nSPS) is 35.6. The number of carbonyl (C=O) groups is 1. The average Bonchev–Trinajstić information content (AvgIpc) is 2.85. The minimum Gasteiger partial charge on any atom is -0.394 e. The quantitative estimate of drug-likeness (QED) is 0.769. The summed E-state index contributed by atoms with van der Waals surface area (Å²) in [4.78, 5) is 11.3. The minimum atomic E-state index is -0.808. The van der Waals surface area contributed by atoms with Crippen LogP contribution in [0.2, 0.25) is 0 Å². The van der Waals surface area contributed by atoms with Crippen LogP contribution in [0.5, 0.6) is 0 Å². The Hall–Kier alpha value is -0.730. The van der Waals surface area contributed by atoms with E-state index in [1.165, 1.54) is 6.92 Å². The lowest BCUT2D eigenvalue weighted by Crippen LogP contribution is -2.52. The summed E-state index contributed by atoms with van der Waals surface area (Å²) in [6.45, 7) is 8.80. The summed E-state index contributed by atoms with van der Waals surface area (Å²) in [5, 5.41) is 12.2. The number of hydrogen-bond acceptors (Lipinski definition) is 6. The van der Waals surface area contributed by atoms with E-state index in [-0.39, 0.29) is 18.6 Å². The maximum atomic E-state index is 11.3. The molecule has 0 aromatic carbocycles. The van der Waals surface area contributed by atoms with Gasteiger partial charge in [0.05, 0.1) is 19.3 Å². The molecule has 0 spiro atoms. The van der Waals surface area contributed by atoms with Gasteiger partial charge in [0.15, 0.2) is 11.6 Å². The summed E-state index contributed by atoms with van der Waals surface area (Å²) in [6, 6.07) is -0.554. The first-order valence-electron chi connectivity index (χ1n) is 7.19. The minimum absolute atomic E-state index is 0.231. The van der Waals surface area contributed by atoms with Gasteiger partial charge in [0.25, 0.3) is 0 Å². The SMILES string of the molecule is CC(=O)NC(CO)C1OC(C)(C)OC1C1COC(C)(C)O1. The van der Waals surface area contributed by atoms with Crippen molar-refractivity contribution in [3.05, 3.63) is 0 Å². The molecule has 2 aliphatic heterocycles. The predicted octanol–water partition coefficient (Wildman–Crippen LogP) is 0.155. The number of aliphatic hydroxyl groups excluding tert-OH is 1. The summed E-state index contributed by atoms with van der Waals surface area (Å²) in [6.07, 6.45) is -1.24. The van der Waals surface area contributed by atoms with E-state index in [0.717, 1.165) is 0 Å². The van der Waals surface area contributed by atoms with Crippen LogP contribution >= 0.6 is 0 Å². The smallest absolute Gasteiger partial charge is 0.217 e. The molecule has 21 heavy (non-hydrogen) atoms. The topological polar surface area (TPSA) is 86.3 Å². The largest absolute Gasteiger partial charge is 0.394 e. The molecule has 0 saturated carbocycles. The van der Waals surface area contributed by atoms with Crippen molar-refractivity contribution in [1.82, 2.24) is 5.32 Å². The first-order valence-corrected chi connectivity index (χ1v) is 7.19. The van der Waals surface area contributed by atoms with Crippen LogP contribution in [0.15, 0.2) is 0 Å². The van der Waals surface area contributed by atoms with Crippen LogP contribution in [0.4, 0.5) is 0 Å². The zero-order valence-corrected chi connectivity index (χ0v) is 13.2. The summed E-state index contributed by atoms with van der Waals surface area (Å²) in [7, 11) is 0. The third-order valence-corrected chi connectivity index (χ3v) is 3.54. The van der Waals surface area contributed by atoms with Crippen molar-refractivity contribution in [2.24, 2.45) is 0 Å². The fourth-order valence-corrected chi connectivity index (χ4v) is 2.79. The molecule has 1 amide bonds. The van der Waals surface area contributed by atoms with Crippen molar-refractivity contribution in [2.45, 2.75) is 70.5 Å². The number of hydrogen-bond donors (Lipinski definition) is 2. The van der Waals surface area contributed by atoms with E-state index < -0.39 is 29.8 Å². The number of ether oxygens (including phenoxy) is 4. The molecule has 2 aliphatic rings. The second-order valence-corrected chi connectivity index (χ2v) is 6.42. The highest BCUT2D eigenvalue weighted by Crippen LogP contribution is 2.36. The Morgan fingerprint density at radius 3 is 2.38 bits per heavy atom. The average molecular weight is 303 g/mol. The van der Waals surface area contributed by atoms with Crippen LogP contribution in [0.3, 0.4) is 0 Å². The zero-order chi connectivity index (χ0) is 15.8. The Labute approximate surface area is 124 Å². The van der Waals surface area contributed by atoms with Gasteiger partial charge >= 0.3 is 0 Å². The highest BCUT2D eigenvalue weighted by molar-refractivity contribution is 5.73. The van der Waals surface area contributed by atoms with Gasteiger partial charge in [-0.2, -0.15) is 0 Å². The van der Waals surface area contributed by atoms with Crippen LogP contribution in [0, 0.1) is 0 Å².